The molecule has 0 fully saturated rings. The summed E-state index contributed by atoms with van der Waals surface area (Å²) in [7, 11) is 1.62. The highest BCUT2D eigenvalue weighted by Crippen LogP contribution is 2.19. The summed E-state index contributed by atoms with van der Waals surface area (Å²) in [5, 5.41) is 5.77. The Hall–Kier alpha value is -2.69. The van der Waals surface area contributed by atoms with Crippen LogP contribution in [0.5, 0.6) is 11.5 Å². The van der Waals surface area contributed by atoms with Gasteiger partial charge >= 0.3 is 6.03 Å². The first-order chi connectivity index (χ1) is 11.5. The Labute approximate surface area is 143 Å². The lowest BCUT2D eigenvalue weighted by atomic mass is 9.95. The maximum absolute atomic E-state index is 12.0. The number of nitrogens with one attached hydrogen (secondary N) is 2. The number of amides is 2. The molecule has 128 valence electrons. The predicted molar refractivity (Wildman–Crippen MR) is 94.5 cm³/mol. The standard InChI is InChI=1S/C19H24N2O3/c1-19(2,15-7-5-4-6-8-15)21-18(22)20-13-14-24-17-11-9-16(23-3)10-12-17/h4-12H,13-14H2,1-3H3,(H2,20,21,22). The van der Waals surface area contributed by atoms with Crippen molar-refractivity contribution in [2.75, 3.05) is 20.3 Å². The van der Waals surface area contributed by atoms with E-state index in [4.69, 9.17) is 9.47 Å². The largest absolute Gasteiger partial charge is 0.497 e. The van der Waals surface area contributed by atoms with Crippen LogP contribution in [0.25, 0.3) is 0 Å². The van der Waals surface area contributed by atoms with E-state index in [2.05, 4.69) is 10.6 Å². The van der Waals surface area contributed by atoms with Crippen molar-refractivity contribution < 1.29 is 14.3 Å². The first-order valence-corrected chi connectivity index (χ1v) is 7.89. The summed E-state index contributed by atoms with van der Waals surface area (Å²) < 4.78 is 10.7. The van der Waals surface area contributed by atoms with Crippen molar-refractivity contribution in [3.05, 3.63) is 60.2 Å². The van der Waals surface area contributed by atoms with E-state index in [1.165, 1.54) is 0 Å². The number of ether oxygens (including phenoxy) is 2. The van der Waals surface area contributed by atoms with Crippen LogP contribution < -0.4 is 20.1 Å². The van der Waals surface area contributed by atoms with Crippen molar-refractivity contribution in [2.24, 2.45) is 0 Å². The quantitative estimate of drug-likeness (QED) is 0.767. The van der Waals surface area contributed by atoms with Crippen molar-refractivity contribution in [2.45, 2.75) is 19.4 Å². The number of urea groups is 1. The minimum atomic E-state index is -0.442. The molecule has 0 saturated carbocycles. The molecule has 2 amide bonds. The second-order valence-corrected chi connectivity index (χ2v) is 5.90. The van der Waals surface area contributed by atoms with E-state index in [1.54, 1.807) is 7.11 Å². The van der Waals surface area contributed by atoms with Gasteiger partial charge in [-0.15, -0.1) is 0 Å². The van der Waals surface area contributed by atoms with Gasteiger partial charge in [0, 0.05) is 0 Å². The Bertz CT molecular complexity index is 639. The summed E-state index contributed by atoms with van der Waals surface area (Å²) in [6.45, 7) is 4.75. The molecule has 0 atom stereocenters. The Balaban J connectivity index is 1.73. The molecular formula is C19H24N2O3. The van der Waals surface area contributed by atoms with Crippen molar-refractivity contribution >= 4 is 6.03 Å². The Kier molecular flexibility index (Phi) is 6.07. The van der Waals surface area contributed by atoms with Gasteiger partial charge in [0.1, 0.15) is 18.1 Å². The fourth-order valence-electron chi connectivity index (χ4n) is 2.26. The zero-order valence-corrected chi connectivity index (χ0v) is 14.3. The van der Waals surface area contributed by atoms with Crippen LogP contribution >= 0.6 is 0 Å². The van der Waals surface area contributed by atoms with Gasteiger partial charge in [-0.3, -0.25) is 0 Å². The van der Waals surface area contributed by atoms with Crippen molar-refractivity contribution in [1.29, 1.82) is 0 Å². The average Bonchev–Trinajstić information content (AvgIpc) is 2.59. The summed E-state index contributed by atoms with van der Waals surface area (Å²) in [5.41, 5.74) is 0.608. The fraction of sp³-hybridized carbons (Fsp3) is 0.316. The molecule has 0 heterocycles. The van der Waals surface area contributed by atoms with Crippen LogP contribution in [0.2, 0.25) is 0 Å². The van der Waals surface area contributed by atoms with Gasteiger partial charge in [0.25, 0.3) is 0 Å². The van der Waals surface area contributed by atoms with Crippen LogP contribution in [-0.4, -0.2) is 26.3 Å². The SMILES string of the molecule is COc1ccc(OCCNC(=O)NC(C)(C)c2ccccc2)cc1. The normalized spacial score (nSPS) is 10.8. The van der Waals surface area contributed by atoms with Crippen LogP contribution in [0, 0.1) is 0 Å². The molecule has 0 aliphatic rings. The molecule has 5 heteroatoms. The minimum Gasteiger partial charge on any atom is -0.497 e. The first-order valence-electron chi connectivity index (χ1n) is 7.89. The summed E-state index contributed by atoms with van der Waals surface area (Å²) in [5.74, 6) is 1.52. The molecule has 5 nitrogen and oxygen atoms in total. The van der Waals surface area contributed by atoms with Crippen LogP contribution in [0.4, 0.5) is 4.79 Å². The molecule has 0 saturated heterocycles. The Morgan fingerprint density at radius 3 is 2.25 bits per heavy atom. The van der Waals surface area contributed by atoms with Gasteiger partial charge in [0.15, 0.2) is 0 Å². The molecule has 2 aromatic rings. The third-order valence-corrected chi connectivity index (χ3v) is 3.64. The van der Waals surface area contributed by atoms with Gasteiger partial charge in [0.05, 0.1) is 19.2 Å². The fourth-order valence-corrected chi connectivity index (χ4v) is 2.26. The molecule has 0 aliphatic heterocycles. The van der Waals surface area contributed by atoms with Crippen molar-refractivity contribution in [3.63, 3.8) is 0 Å². The summed E-state index contributed by atoms with van der Waals surface area (Å²) in [4.78, 5) is 12.0. The maximum Gasteiger partial charge on any atom is 0.315 e. The van der Waals surface area contributed by atoms with E-state index in [0.29, 0.717) is 13.2 Å². The number of carbonyl (C=O) groups is 1. The molecular weight excluding hydrogens is 304 g/mol. The van der Waals surface area contributed by atoms with E-state index in [0.717, 1.165) is 17.1 Å². The average molecular weight is 328 g/mol. The van der Waals surface area contributed by atoms with Crippen molar-refractivity contribution in [3.8, 4) is 11.5 Å². The van der Waals surface area contributed by atoms with Gasteiger partial charge in [-0.25, -0.2) is 4.79 Å². The molecule has 0 aliphatic carbocycles. The lowest BCUT2D eigenvalue weighted by molar-refractivity contribution is 0.226. The topological polar surface area (TPSA) is 59.6 Å². The summed E-state index contributed by atoms with van der Waals surface area (Å²) in [6.07, 6.45) is 0. The Morgan fingerprint density at radius 1 is 1.00 bits per heavy atom. The summed E-state index contributed by atoms with van der Waals surface area (Å²) >= 11 is 0. The highest BCUT2D eigenvalue weighted by molar-refractivity contribution is 5.74. The van der Waals surface area contributed by atoms with Gasteiger partial charge in [-0.1, -0.05) is 30.3 Å². The molecule has 0 radical (unpaired) electrons. The zero-order chi connectivity index (χ0) is 17.4. The first kappa shape index (κ1) is 17.7. The lowest BCUT2D eigenvalue weighted by Crippen LogP contribution is -2.47. The number of carbonyl (C=O) groups excluding carboxylic acids is 1. The van der Waals surface area contributed by atoms with Crippen LogP contribution in [-0.2, 0) is 5.54 Å². The third kappa shape index (κ3) is 5.19. The highest BCUT2D eigenvalue weighted by atomic mass is 16.5. The van der Waals surface area contributed by atoms with E-state index < -0.39 is 5.54 Å². The highest BCUT2D eigenvalue weighted by Gasteiger charge is 2.22. The Morgan fingerprint density at radius 2 is 1.62 bits per heavy atom. The molecule has 0 spiro atoms. The third-order valence-electron chi connectivity index (χ3n) is 3.64. The van der Waals surface area contributed by atoms with Crippen LogP contribution in [0.1, 0.15) is 19.4 Å². The van der Waals surface area contributed by atoms with Crippen LogP contribution in [0.3, 0.4) is 0 Å². The second-order valence-electron chi connectivity index (χ2n) is 5.90. The number of rotatable bonds is 7. The number of hydrogen-bond donors (Lipinski definition) is 2. The van der Waals surface area contributed by atoms with Crippen LogP contribution in [0.15, 0.2) is 54.6 Å². The van der Waals surface area contributed by atoms with E-state index in [9.17, 15) is 4.79 Å². The summed E-state index contributed by atoms with van der Waals surface area (Å²) in [6, 6.07) is 17.0. The molecule has 2 aromatic carbocycles. The van der Waals surface area contributed by atoms with Gasteiger partial charge in [0.2, 0.25) is 0 Å². The molecule has 24 heavy (non-hydrogen) atoms. The zero-order valence-electron chi connectivity index (χ0n) is 14.3. The molecule has 2 rings (SSSR count). The molecule has 2 N–H and O–H groups in total. The smallest absolute Gasteiger partial charge is 0.315 e. The van der Waals surface area contributed by atoms with Crippen molar-refractivity contribution in [1.82, 2.24) is 10.6 Å². The van der Waals surface area contributed by atoms with Gasteiger partial charge in [-0.2, -0.15) is 0 Å². The molecule has 0 aromatic heterocycles. The van der Waals surface area contributed by atoms with Gasteiger partial charge in [-0.05, 0) is 43.7 Å². The minimum absolute atomic E-state index is 0.220. The second kappa shape index (κ2) is 8.24. The van der Waals surface area contributed by atoms with E-state index >= 15 is 0 Å². The number of methoxy groups -OCH3 is 1. The molecule has 0 unspecified atom stereocenters. The molecule has 0 bridgehead atoms. The number of benzene rings is 2. The van der Waals surface area contributed by atoms with E-state index in [1.807, 2.05) is 68.4 Å². The van der Waals surface area contributed by atoms with E-state index in [-0.39, 0.29) is 6.03 Å². The number of hydrogen-bond acceptors (Lipinski definition) is 3. The maximum atomic E-state index is 12.0. The predicted octanol–water partition coefficient (Wildman–Crippen LogP) is 3.31. The lowest BCUT2D eigenvalue weighted by Gasteiger charge is -2.27. The monoisotopic (exact) mass is 328 g/mol. The van der Waals surface area contributed by atoms with Gasteiger partial charge < -0.3 is 20.1 Å².